The summed E-state index contributed by atoms with van der Waals surface area (Å²) in [5, 5.41) is 6.19. The largest absolute Gasteiger partial charge is 0.372 e. The van der Waals surface area contributed by atoms with Gasteiger partial charge in [-0.1, -0.05) is 78.3 Å². The van der Waals surface area contributed by atoms with E-state index in [1.165, 1.54) is 28.3 Å². The number of rotatable bonds is 6. The van der Waals surface area contributed by atoms with Crippen LogP contribution in [0.2, 0.25) is 0 Å². The molecule has 0 aromatic heterocycles. The molecule has 3 unspecified atom stereocenters. The third kappa shape index (κ3) is 5.64. The molecule has 0 spiro atoms. The lowest BCUT2D eigenvalue weighted by molar-refractivity contribution is -0.00897. The molecule has 160 valence electrons. The van der Waals surface area contributed by atoms with E-state index in [4.69, 9.17) is 4.74 Å². The normalized spacial score (nSPS) is 21.5. The van der Waals surface area contributed by atoms with Crippen molar-refractivity contribution < 1.29 is 4.74 Å². The van der Waals surface area contributed by atoms with E-state index < -0.39 is 0 Å². The third-order valence-corrected chi connectivity index (χ3v) is 6.50. The van der Waals surface area contributed by atoms with Gasteiger partial charge in [0.05, 0.1) is 12.7 Å². The molecule has 30 heavy (non-hydrogen) atoms. The summed E-state index contributed by atoms with van der Waals surface area (Å²) < 4.78 is 7.68. The molecule has 1 N–H and O–H groups in total. The van der Waals surface area contributed by atoms with Crippen LogP contribution in [-0.2, 0) is 11.3 Å². The molecule has 4 rings (SSSR count). The Morgan fingerprint density at radius 1 is 0.967 bits per heavy atom. The zero-order valence-electron chi connectivity index (χ0n) is 17.7. The number of ether oxygens (including phenoxy) is 1. The summed E-state index contributed by atoms with van der Waals surface area (Å²) in [6, 6.07) is 24.0. The molecular weight excluding hydrogens is 458 g/mol. The summed E-state index contributed by atoms with van der Waals surface area (Å²) in [4.78, 5) is 0. The Bertz CT molecular complexity index is 943. The summed E-state index contributed by atoms with van der Waals surface area (Å²) in [7, 11) is 0. The smallest absolute Gasteiger partial charge is 0.0775 e. The molecule has 1 saturated heterocycles. The van der Waals surface area contributed by atoms with Crippen molar-refractivity contribution >= 4 is 39.1 Å². The maximum atomic E-state index is 6.55. The fourth-order valence-electron chi connectivity index (χ4n) is 4.67. The lowest BCUT2D eigenvalue weighted by atomic mass is 9.75. The molecule has 0 amide bonds. The Kier molecular flexibility index (Phi) is 8.35. The highest BCUT2D eigenvalue weighted by Gasteiger charge is 2.35. The minimum absolute atomic E-state index is 0. The van der Waals surface area contributed by atoms with Crippen molar-refractivity contribution in [2.45, 2.75) is 38.9 Å². The summed E-state index contributed by atoms with van der Waals surface area (Å²) in [6.45, 7) is 7.26. The molecule has 1 heterocycles. The number of benzene rings is 3. The van der Waals surface area contributed by atoms with Gasteiger partial charge in [0.25, 0.3) is 0 Å². The summed E-state index contributed by atoms with van der Waals surface area (Å²) in [6.07, 6.45) is 1.39. The molecule has 3 atom stereocenters. The Balaban J connectivity index is 0.00000256. The fraction of sp³-hybridized carbons (Fsp3) is 0.385. The minimum Gasteiger partial charge on any atom is -0.372 e. The topological polar surface area (TPSA) is 21.3 Å². The van der Waals surface area contributed by atoms with Crippen LogP contribution < -0.4 is 5.32 Å². The van der Waals surface area contributed by atoms with Gasteiger partial charge in [-0.2, -0.15) is 0 Å². The maximum Gasteiger partial charge on any atom is 0.0775 e. The van der Waals surface area contributed by atoms with Crippen LogP contribution in [0.15, 0.2) is 71.2 Å². The second-order valence-corrected chi connectivity index (χ2v) is 9.57. The summed E-state index contributed by atoms with van der Waals surface area (Å²) in [5.74, 6) is 1.69. The number of halogens is 2. The predicted octanol–water partition coefficient (Wildman–Crippen LogP) is 6.96. The highest BCUT2D eigenvalue weighted by Crippen LogP contribution is 2.37. The van der Waals surface area contributed by atoms with Crippen LogP contribution in [0.3, 0.4) is 0 Å². The number of hydrogen-bond acceptors (Lipinski definition) is 2. The van der Waals surface area contributed by atoms with Gasteiger partial charge in [0.2, 0.25) is 0 Å². The Labute approximate surface area is 194 Å². The second kappa shape index (κ2) is 10.8. The van der Waals surface area contributed by atoms with Crippen molar-refractivity contribution in [1.29, 1.82) is 0 Å². The highest BCUT2D eigenvalue weighted by atomic mass is 79.9. The zero-order valence-corrected chi connectivity index (χ0v) is 20.1. The fourth-order valence-corrected chi connectivity index (χ4v) is 4.93. The first-order chi connectivity index (χ1) is 14.1. The van der Waals surface area contributed by atoms with Gasteiger partial charge in [0.15, 0.2) is 0 Å². The van der Waals surface area contributed by atoms with E-state index in [9.17, 15) is 0 Å². The molecular formula is C26H31BrClNO. The minimum atomic E-state index is 0. The van der Waals surface area contributed by atoms with Crippen LogP contribution in [0.4, 0.5) is 0 Å². The lowest BCUT2D eigenvalue weighted by Gasteiger charge is -2.40. The van der Waals surface area contributed by atoms with Crippen molar-refractivity contribution in [3.63, 3.8) is 0 Å². The zero-order chi connectivity index (χ0) is 20.2. The van der Waals surface area contributed by atoms with Crippen LogP contribution in [0.1, 0.15) is 37.3 Å². The van der Waals surface area contributed by atoms with Gasteiger partial charge < -0.3 is 10.1 Å². The SMILES string of the molecule is CC(C)CC1CNCC(OCc2ccc3ccccc3c2)C1c1ccc(Br)cc1.Cl. The van der Waals surface area contributed by atoms with Crippen LogP contribution >= 0.6 is 28.3 Å². The molecule has 0 aliphatic carbocycles. The van der Waals surface area contributed by atoms with Crippen molar-refractivity contribution in [3.8, 4) is 0 Å². The van der Waals surface area contributed by atoms with Crippen LogP contribution in [0, 0.1) is 11.8 Å². The average molecular weight is 489 g/mol. The van der Waals surface area contributed by atoms with Crippen molar-refractivity contribution in [1.82, 2.24) is 5.32 Å². The summed E-state index contributed by atoms with van der Waals surface area (Å²) in [5.41, 5.74) is 2.63. The number of fused-ring (bicyclic) bond motifs is 1. The molecule has 3 aromatic rings. The van der Waals surface area contributed by atoms with Gasteiger partial charge in [0, 0.05) is 16.9 Å². The van der Waals surface area contributed by atoms with Crippen molar-refractivity contribution in [2.24, 2.45) is 11.8 Å². The van der Waals surface area contributed by atoms with Crippen LogP contribution in [0.5, 0.6) is 0 Å². The van der Waals surface area contributed by atoms with Crippen LogP contribution in [0.25, 0.3) is 10.8 Å². The molecule has 4 heteroatoms. The van der Waals surface area contributed by atoms with E-state index in [0.717, 1.165) is 17.6 Å². The number of hydrogen-bond donors (Lipinski definition) is 1. The van der Waals surface area contributed by atoms with Crippen molar-refractivity contribution in [2.75, 3.05) is 13.1 Å². The molecule has 1 aliphatic heterocycles. The van der Waals surface area contributed by atoms with E-state index in [1.54, 1.807) is 0 Å². The number of nitrogens with one attached hydrogen (secondary N) is 1. The highest BCUT2D eigenvalue weighted by molar-refractivity contribution is 9.10. The maximum absolute atomic E-state index is 6.55. The first-order valence-corrected chi connectivity index (χ1v) is 11.4. The standard InChI is InChI=1S/C26H30BrNO.ClH/c1-18(2)13-23-15-28-16-25(26(23)21-9-11-24(27)12-10-21)29-17-19-7-8-20-5-3-4-6-22(20)14-19;/h3-12,14,18,23,25-26,28H,13,15-17H2,1-2H3;1H. The Morgan fingerprint density at radius 2 is 1.70 bits per heavy atom. The molecule has 1 fully saturated rings. The molecule has 0 saturated carbocycles. The molecule has 3 aromatic carbocycles. The molecule has 0 radical (unpaired) electrons. The van der Waals surface area contributed by atoms with Gasteiger partial charge in [0.1, 0.15) is 0 Å². The quantitative estimate of drug-likeness (QED) is 0.405. The Hall–Kier alpha value is -1.39. The molecule has 2 nitrogen and oxygen atoms in total. The van der Waals surface area contributed by atoms with Gasteiger partial charge in [-0.25, -0.2) is 0 Å². The molecule has 1 aliphatic rings. The van der Waals surface area contributed by atoms with E-state index in [0.29, 0.717) is 24.4 Å². The van der Waals surface area contributed by atoms with Gasteiger partial charge >= 0.3 is 0 Å². The van der Waals surface area contributed by atoms with Crippen LogP contribution in [-0.4, -0.2) is 19.2 Å². The molecule has 0 bridgehead atoms. The van der Waals surface area contributed by atoms with Gasteiger partial charge in [-0.05, 0) is 64.9 Å². The predicted molar refractivity (Wildman–Crippen MR) is 132 cm³/mol. The average Bonchev–Trinajstić information content (AvgIpc) is 2.72. The van der Waals surface area contributed by atoms with Gasteiger partial charge in [-0.15, -0.1) is 12.4 Å². The van der Waals surface area contributed by atoms with E-state index in [-0.39, 0.29) is 18.5 Å². The monoisotopic (exact) mass is 487 g/mol. The first-order valence-electron chi connectivity index (χ1n) is 10.7. The lowest BCUT2D eigenvalue weighted by Crippen LogP contribution is -2.47. The van der Waals surface area contributed by atoms with Gasteiger partial charge in [-0.3, -0.25) is 0 Å². The van der Waals surface area contributed by atoms with Crippen molar-refractivity contribution in [3.05, 3.63) is 82.3 Å². The van der Waals surface area contributed by atoms with E-state index in [2.05, 4.69) is 102 Å². The van der Waals surface area contributed by atoms with E-state index in [1.807, 2.05) is 0 Å². The third-order valence-electron chi connectivity index (χ3n) is 5.97. The summed E-state index contributed by atoms with van der Waals surface area (Å²) >= 11 is 3.58. The Morgan fingerprint density at radius 3 is 2.43 bits per heavy atom. The first kappa shape index (κ1) is 23.3. The second-order valence-electron chi connectivity index (χ2n) is 8.66. The van der Waals surface area contributed by atoms with E-state index >= 15 is 0 Å². The number of piperidine rings is 1.